The average Bonchev–Trinajstić information content (AvgIpc) is 3.55. The summed E-state index contributed by atoms with van der Waals surface area (Å²) in [7, 11) is 0. The summed E-state index contributed by atoms with van der Waals surface area (Å²) in [5, 5.41) is 0. The van der Waals surface area contributed by atoms with Crippen LogP contribution in [0.5, 0.6) is 0 Å². The van der Waals surface area contributed by atoms with Gasteiger partial charge in [-0.1, -0.05) is 30.0 Å². The largest absolute Gasteiger partial charge is 0.376 e. The van der Waals surface area contributed by atoms with Crippen LogP contribution >= 0.6 is 24.0 Å². The van der Waals surface area contributed by atoms with E-state index >= 15 is 0 Å². The van der Waals surface area contributed by atoms with Crippen molar-refractivity contribution in [3.8, 4) is 0 Å². The van der Waals surface area contributed by atoms with E-state index in [-0.39, 0.29) is 23.4 Å². The summed E-state index contributed by atoms with van der Waals surface area (Å²) in [5.74, 6) is 0.0765. The number of amides is 1. The highest BCUT2D eigenvalue weighted by molar-refractivity contribution is 8.26. The summed E-state index contributed by atoms with van der Waals surface area (Å²) in [6.45, 7) is 5.65. The number of halogens is 1. The fourth-order valence-corrected chi connectivity index (χ4v) is 6.48. The van der Waals surface area contributed by atoms with Crippen molar-refractivity contribution >= 4 is 57.4 Å². The third-order valence-electron chi connectivity index (χ3n) is 7.32. The van der Waals surface area contributed by atoms with Gasteiger partial charge in [0.05, 0.1) is 23.1 Å². The molecule has 1 amide bonds. The maximum Gasteiger partial charge on any atom is 0.267 e. The number of nitrogens with zero attached hydrogens (tertiary/aromatic N) is 5. The smallest absolute Gasteiger partial charge is 0.267 e. The number of benzene rings is 1. The highest BCUT2D eigenvalue weighted by Crippen LogP contribution is 2.34. The minimum atomic E-state index is -0.265. The first-order chi connectivity index (χ1) is 18.9. The summed E-state index contributed by atoms with van der Waals surface area (Å²) < 4.78 is 21.1. The van der Waals surface area contributed by atoms with Crippen molar-refractivity contribution in [2.75, 3.05) is 49.1 Å². The fourth-order valence-electron chi connectivity index (χ4n) is 5.22. The van der Waals surface area contributed by atoms with Gasteiger partial charge >= 0.3 is 0 Å². The van der Waals surface area contributed by atoms with Gasteiger partial charge in [-0.15, -0.1) is 0 Å². The minimum absolute atomic E-state index is 0.0178. The van der Waals surface area contributed by atoms with E-state index in [1.54, 1.807) is 29.3 Å². The molecule has 0 bridgehead atoms. The molecule has 2 aromatic heterocycles. The van der Waals surface area contributed by atoms with Gasteiger partial charge in [0.15, 0.2) is 0 Å². The minimum Gasteiger partial charge on any atom is -0.376 e. The Morgan fingerprint density at radius 2 is 1.85 bits per heavy atom. The van der Waals surface area contributed by atoms with Crippen LogP contribution in [0.3, 0.4) is 0 Å². The SMILES string of the molecule is Cc1ccc2nc(N3CCN(c4ccc(F)cc4)CC3)c(/C=C3/SC(=S)N(CC4CCCO4)C3=O)c(=O)n2c1. The number of carbonyl (C=O) groups is 1. The van der Waals surface area contributed by atoms with E-state index in [0.29, 0.717) is 65.6 Å². The van der Waals surface area contributed by atoms with Gasteiger partial charge in [-0.05, 0) is 61.7 Å². The Balaban J connectivity index is 1.33. The second-order valence-corrected chi connectivity index (χ2v) is 11.6. The summed E-state index contributed by atoms with van der Waals surface area (Å²) in [6, 6.07) is 10.2. The number of ether oxygens (including phenoxy) is 1. The van der Waals surface area contributed by atoms with E-state index in [4.69, 9.17) is 21.9 Å². The van der Waals surface area contributed by atoms with E-state index in [1.807, 2.05) is 19.1 Å². The Hall–Kier alpha value is -3.28. The van der Waals surface area contributed by atoms with Crippen LogP contribution in [0.4, 0.5) is 15.9 Å². The number of carbonyl (C=O) groups excluding carboxylic acids is 1. The molecule has 0 aliphatic carbocycles. The topological polar surface area (TPSA) is 70.4 Å². The highest BCUT2D eigenvalue weighted by atomic mass is 32.2. The van der Waals surface area contributed by atoms with Gasteiger partial charge in [0.1, 0.15) is 21.6 Å². The lowest BCUT2D eigenvalue weighted by molar-refractivity contribution is -0.123. The molecule has 3 aliphatic heterocycles. The van der Waals surface area contributed by atoms with Gasteiger partial charge < -0.3 is 14.5 Å². The molecule has 0 radical (unpaired) electrons. The maximum atomic E-state index is 13.8. The lowest BCUT2D eigenvalue weighted by Crippen LogP contribution is -2.47. The van der Waals surface area contributed by atoms with Crippen LogP contribution in [-0.4, -0.2) is 69.9 Å². The molecule has 3 aliphatic rings. The zero-order valence-electron chi connectivity index (χ0n) is 21.5. The van der Waals surface area contributed by atoms with Crippen molar-refractivity contribution in [2.45, 2.75) is 25.9 Å². The molecule has 11 heteroatoms. The molecular formula is C28H28FN5O3S2. The van der Waals surface area contributed by atoms with E-state index in [9.17, 15) is 14.0 Å². The molecule has 0 saturated carbocycles. The third-order valence-corrected chi connectivity index (χ3v) is 8.69. The molecule has 0 spiro atoms. The van der Waals surface area contributed by atoms with Gasteiger partial charge in [0.2, 0.25) is 0 Å². The van der Waals surface area contributed by atoms with Crippen LogP contribution in [0, 0.1) is 12.7 Å². The summed E-state index contributed by atoms with van der Waals surface area (Å²) in [5.41, 5.74) is 2.56. The number of hydrogen-bond donors (Lipinski definition) is 0. The molecule has 3 fully saturated rings. The zero-order chi connectivity index (χ0) is 27.1. The van der Waals surface area contributed by atoms with Crippen LogP contribution in [0.2, 0.25) is 0 Å². The summed E-state index contributed by atoms with van der Waals surface area (Å²) in [4.78, 5) is 38.3. The first kappa shape index (κ1) is 26.0. The number of aryl methyl sites for hydroxylation is 1. The van der Waals surface area contributed by atoms with Crippen LogP contribution < -0.4 is 15.4 Å². The quantitative estimate of drug-likeness (QED) is 0.342. The van der Waals surface area contributed by atoms with Gasteiger partial charge in [0.25, 0.3) is 11.5 Å². The Morgan fingerprint density at radius 1 is 1.10 bits per heavy atom. The molecule has 3 saturated heterocycles. The molecule has 1 atom stereocenters. The zero-order valence-corrected chi connectivity index (χ0v) is 23.1. The molecule has 202 valence electrons. The molecule has 0 N–H and O–H groups in total. The molecule has 6 rings (SSSR count). The Bertz CT molecular complexity index is 1530. The van der Waals surface area contributed by atoms with Crippen molar-refractivity contribution in [2.24, 2.45) is 0 Å². The van der Waals surface area contributed by atoms with E-state index in [0.717, 1.165) is 24.1 Å². The highest BCUT2D eigenvalue weighted by Gasteiger charge is 2.35. The van der Waals surface area contributed by atoms with E-state index in [2.05, 4.69) is 9.80 Å². The standard InChI is InChI=1S/C28H28FN5O3S2/c1-18-4-9-24-30-25(32-12-10-31(11-13-32)20-7-5-19(29)6-8-20)22(26(35)33(24)16-18)15-23-27(36)34(28(38)39-23)17-21-3-2-14-37-21/h4-9,15-16,21H,2-3,10-14,17H2,1H3/b23-15+. The second kappa shape index (κ2) is 10.7. The van der Waals surface area contributed by atoms with Gasteiger partial charge in [-0.25, -0.2) is 9.37 Å². The van der Waals surface area contributed by atoms with Crippen LogP contribution in [-0.2, 0) is 9.53 Å². The van der Waals surface area contributed by atoms with Crippen molar-refractivity contribution < 1.29 is 13.9 Å². The van der Waals surface area contributed by atoms with Crippen molar-refractivity contribution in [3.63, 3.8) is 0 Å². The number of piperazine rings is 1. The Labute approximate surface area is 235 Å². The number of rotatable bonds is 5. The lowest BCUT2D eigenvalue weighted by atomic mass is 10.2. The number of thiocarbonyl (C=S) groups is 1. The van der Waals surface area contributed by atoms with Gasteiger partial charge in [-0.3, -0.25) is 18.9 Å². The van der Waals surface area contributed by atoms with Crippen molar-refractivity contribution in [1.29, 1.82) is 0 Å². The molecule has 39 heavy (non-hydrogen) atoms. The number of aromatic nitrogens is 2. The molecular weight excluding hydrogens is 537 g/mol. The number of hydrogen-bond acceptors (Lipinski definition) is 8. The predicted octanol–water partition coefficient (Wildman–Crippen LogP) is 3.85. The Morgan fingerprint density at radius 3 is 2.56 bits per heavy atom. The van der Waals surface area contributed by atoms with Gasteiger partial charge in [0, 0.05) is 44.7 Å². The number of anilines is 2. The fraction of sp³-hybridized carbons (Fsp3) is 0.357. The normalized spacial score (nSPS) is 21.1. The lowest BCUT2D eigenvalue weighted by Gasteiger charge is -2.37. The number of pyridine rings is 1. The molecule has 5 heterocycles. The number of thioether (sulfide) groups is 1. The van der Waals surface area contributed by atoms with Crippen LogP contribution in [0.25, 0.3) is 11.7 Å². The van der Waals surface area contributed by atoms with Crippen molar-refractivity contribution in [3.05, 3.63) is 74.8 Å². The van der Waals surface area contributed by atoms with E-state index in [1.165, 1.54) is 28.3 Å². The molecule has 8 nitrogen and oxygen atoms in total. The van der Waals surface area contributed by atoms with E-state index < -0.39 is 0 Å². The van der Waals surface area contributed by atoms with Crippen molar-refractivity contribution in [1.82, 2.24) is 14.3 Å². The Kier molecular flexibility index (Phi) is 7.13. The first-order valence-corrected chi connectivity index (χ1v) is 14.3. The average molecular weight is 566 g/mol. The summed E-state index contributed by atoms with van der Waals surface area (Å²) >= 11 is 6.74. The molecule has 1 aromatic carbocycles. The molecule has 3 aromatic rings. The first-order valence-electron chi connectivity index (χ1n) is 13.0. The van der Waals surface area contributed by atoms with Crippen LogP contribution in [0.15, 0.2) is 52.3 Å². The second-order valence-electron chi connectivity index (χ2n) is 9.97. The molecule has 1 unspecified atom stereocenters. The van der Waals surface area contributed by atoms with Gasteiger partial charge in [-0.2, -0.15) is 0 Å². The third kappa shape index (κ3) is 5.18. The number of fused-ring (bicyclic) bond motifs is 1. The monoisotopic (exact) mass is 565 g/mol. The predicted molar refractivity (Wildman–Crippen MR) is 156 cm³/mol. The summed E-state index contributed by atoms with van der Waals surface area (Å²) in [6.07, 6.45) is 5.28. The maximum absolute atomic E-state index is 13.8. The van der Waals surface area contributed by atoms with Crippen LogP contribution in [0.1, 0.15) is 24.0 Å².